The molecule has 1 N–H and O–H groups in total. The number of anilines is 3. The molecule has 3 aliphatic heterocycles. The lowest BCUT2D eigenvalue weighted by Crippen LogP contribution is -2.39. The second-order valence-electron chi connectivity index (χ2n) is 12.6. The molecule has 5 aromatic rings. The predicted molar refractivity (Wildman–Crippen MR) is 177 cm³/mol. The van der Waals surface area contributed by atoms with Gasteiger partial charge in [-0.1, -0.05) is 12.2 Å². The Balaban J connectivity index is 1.14. The van der Waals surface area contributed by atoms with Crippen LogP contribution in [-0.2, 0) is 11.3 Å². The Labute approximate surface area is 265 Å². The lowest BCUT2D eigenvalue weighted by atomic mass is 10.0. The molecule has 0 atom stereocenters. The highest BCUT2D eigenvalue weighted by Crippen LogP contribution is 2.35. The number of benzene rings is 2. The zero-order valence-electron chi connectivity index (χ0n) is 26.1. The lowest BCUT2D eigenvalue weighted by Gasteiger charge is -2.34. The van der Waals surface area contributed by atoms with E-state index in [1.807, 2.05) is 41.2 Å². The third kappa shape index (κ3) is 4.93. The predicted octanol–water partition coefficient (Wildman–Crippen LogP) is 4.80. The number of amides is 1. The van der Waals surface area contributed by atoms with Gasteiger partial charge in [0.2, 0.25) is 5.95 Å². The second kappa shape index (κ2) is 11.4. The number of aromatic nitrogens is 6. The second-order valence-corrected chi connectivity index (χ2v) is 12.6. The Bertz CT molecular complexity index is 2050. The van der Waals surface area contributed by atoms with E-state index < -0.39 is 0 Å². The summed E-state index contributed by atoms with van der Waals surface area (Å²) in [6, 6.07) is 12.8. The highest BCUT2D eigenvalue weighted by Gasteiger charge is 2.27. The van der Waals surface area contributed by atoms with Gasteiger partial charge in [-0.25, -0.2) is 14.3 Å². The van der Waals surface area contributed by atoms with Gasteiger partial charge in [0.1, 0.15) is 11.1 Å². The standard InChI is InChI=1S/C34H37N9O3/c1-22(2)39-15-11-25(12-16-39)42-28-9-7-24(17-23(28)19-36-42)37-34-35-20-27-32(38-34)43-26-8-10-30-29(18-26)40(31(44)21-46-30)13-5-3-4-6-14-41(43)33(27)45/h4,6-10,17-20,22,25H,3,5,11-16,21H2,1-2H3,(H,35,37,38). The lowest BCUT2D eigenvalue weighted by molar-refractivity contribution is -0.121. The van der Waals surface area contributed by atoms with Crippen LogP contribution in [0.2, 0.25) is 0 Å². The Morgan fingerprint density at radius 1 is 1.00 bits per heavy atom. The van der Waals surface area contributed by atoms with Gasteiger partial charge in [-0.2, -0.15) is 10.1 Å². The van der Waals surface area contributed by atoms with E-state index >= 15 is 0 Å². The van der Waals surface area contributed by atoms with E-state index in [0.717, 1.165) is 55.4 Å². The zero-order chi connectivity index (χ0) is 31.4. The molecule has 2 bridgehead atoms. The third-order valence-electron chi connectivity index (χ3n) is 9.43. The minimum Gasteiger partial charge on any atom is -0.482 e. The van der Waals surface area contributed by atoms with Crippen LogP contribution >= 0.6 is 0 Å². The molecule has 1 amide bonds. The summed E-state index contributed by atoms with van der Waals surface area (Å²) < 4.78 is 11.4. The first-order valence-corrected chi connectivity index (χ1v) is 16.1. The number of hydrogen-bond donors (Lipinski definition) is 1. The quantitative estimate of drug-likeness (QED) is 0.286. The maximum Gasteiger partial charge on any atom is 0.278 e. The number of rotatable bonds is 4. The SMILES string of the molecule is CC(C)N1CCC(n2ncc3cc(Nc4ncc5c(=O)n6n(c5n4)-c4ccc5c(c4)N(CCCC=CC6)C(=O)CO5)ccc32)CC1. The van der Waals surface area contributed by atoms with Crippen molar-refractivity contribution in [3.63, 3.8) is 0 Å². The molecule has 0 spiro atoms. The first kappa shape index (κ1) is 28.5. The Morgan fingerprint density at radius 2 is 1.87 bits per heavy atom. The smallest absolute Gasteiger partial charge is 0.278 e. The van der Waals surface area contributed by atoms with E-state index in [1.54, 1.807) is 15.8 Å². The van der Waals surface area contributed by atoms with Gasteiger partial charge >= 0.3 is 0 Å². The van der Waals surface area contributed by atoms with Crippen LogP contribution in [0.1, 0.15) is 45.6 Å². The highest BCUT2D eigenvalue weighted by atomic mass is 16.5. The molecule has 1 fully saturated rings. The van der Waals surface area contributed by atoms with Crippen molar-refractivity contribution < 1.29 is 9.53 Å². The van der Waals surface area contributed by atoms with Crippen LogP contribution in [0.4, 0.5) is 17.3 Å². The van der Waals surface area contributed by atoms with Gasteiger partial charge in [0.25, 0.3) is 11.5 Å². The number of ether oxygens (including phenoxy) is 1. The van der Waals surface area contributed by atoms with Crippen molar-refractivity contribution in [1.29, 1.82) is 0 Å². The largest absolute Gasteiger partial charge is 0.482 e. The van der Waals surface area contributed by atoms with Crippen molar-refractivity contribution in [3.8, 4) is 11.4 Å². The summed E-state index contributed by atoms with van der Waals surface area (Å²) in [5.41, 5.74) is 3.65. The maximum absolute atomic E-state index is 13.6. The van der Waals surface area contributed by atoms with E-state index in [9.17, 15) is 9.59 Å². The molecule has 1 saturated heterocycles. The van der Waals surface area contributed by atoms with Gasteiger partial charge in [0, 0.05) is 42.9 Å². The van der Waals surface area contributed by atoms with Crippen molar-refractivity contribution in [1.82, 2.24) is 34.0 Å². The topological polar surface area (TPSA) is 115 Å². The molecule has 46 heavy (non-hydrogen) atoms. The van der Waals surface area contributed by atoms with E-state index in [1.165, 1.54) is 0 Å². The van der Waals surface area contributed by atoms with Crippen LogP contribution in [0, 0.1) is 0 Å². The summed E-state index contributed by atoms with van der Waals surface area (Å²) in [7, 11) is 0. The molecule has 236 valence electrons. The molecule has 0 aliphatic carbocycles. The summed E-state index contributed by atoms with van der Waals surface area (Å²) in [5, 5.41) is 9.58. The van der Waals surface area contributed by atoms with Crippen molar-refractivity contribution in [2.75, 3.05) is 36.5 Å². The van der Waals surface area contributed by atoms with E-state index in [-0.39, 0.29) is 18.1 Å². The van der Waals surface area contributed by atoms with Crippen LogP contribution in [0.25, 0.3) is 27.6 Å². The van der Waals surface area contributed by atoms with Crippen LogP contribution in [0.5, 0.6) is 5.75 Å². The number of allylic oxidation sites excluding steroid dienone is 2. The summed E-state index contributed by atoms with van der Waals surface area (Å²) >= 11 is 0. The Hall–Kier alpha value is -4.97. The number of fused-ring (bicyclic) bond motifs is 6. The molecule has 12 heteroatoms. The summed E-state index contributed by atoms with van der Waals surface area (Å²) in [5.74, 6) is 0.951. The molecule has 0 unspecified atom stereocenters. The van der Waals surface area contributed by atoms with E-state index in [2.05, 4.69) is 51.9 Å². The first-order valence-electron chi connectivity index (χ1n) is 16.1. The first-order chi connectivity index (χ1) is 22.4. The highest BCUT2D eigenvalue weighted by molar-refractivity contribution is 5.98. The average molecular weight is 620 g/mol. The van der Waals surface area contributed by atoms with Gasteiger partial charge in [-0.15, -0.1) is 0 Å². The normalized spacial score (nSPS) is 17.6. The number of hydrogen-bond acceptors (Lipinski definition) is 8. The summed E-state index contributed by atoms with van der Waals surface area (Å²) in [4.78, 5) is 40.1. The van der Waals surface area contributed by atoms with Crippen molar-refractivity contribution in [2.24, 2.45) is 0 Å². The van der Waals surface area contributed by atoms with Gasteiger partial charge in [-0.3, -0.25) is 14.3 Å². The molecular formula is C34H37N9O3. The molecule has 0 radical (unpaired) electrons. The fourth-order valence-corrected chi connectivity index (χ4v) is 6.94. The molecule has 3 aromatic heterocycles. The van der Waals surface area contributed by atoms with Crippen LogP contribution in [-0.4, -0.2) is 72.2 Å². The van der Waals surface area contributed by atoms with Gasteiger partial charge < -0.3 is 19.9 Å². The Morgan fingerprint density at radius 3 is 2.72 bits per heavy atom. The van der Waals surface area contributed by atoms with Gasteiger partial charge in [0.15, 0.2) is 12.3 Å². The summed E-state index contributed by atoms with van der Waals surface area (Å²) in [6.45, 7) is 7.68. The number of likely N-dealkylation sites (tertiary alicyclic amines) is 1. The number of carbonyl (C=O) groups excluding carboxylic acids is 1. The maximum atomic E-state index is 13.6. The van der Waals surface area contributed by atoms with Crippen LogP contribution < -0.4 is 20.5 Å². The van der Waals surface area contributed by atoms with E-state index in [4.69, 9.17) is 14.8 Å². The third-order valence-corrected chi connectivity index (χ3v) is 9.43. The average Bonchev–Trinajstić information content (AvgIpc) is 3.60. The minimum absolute atomic E-state index is 0.0196. The fourth-order valence-electron chi connectivity index (χ4n) is 6.94. The van der Waals surface area contributed by atoms with Gasteiger partial charge in [0.05, 0.1) is 35.7 Å². The van der Waals surface area contributed by atoms with Crippen molar-refractivity contribution >= 4 is 45.2 Å². The molecule has 2 aromatic carbocycles. The molecule has 12 nitrogen and oxygen atoms in total. The number of carbonyl (C=O) groups is 1. The van der Waals surface area contributed by atoms with Crippen molar-refractivity contribution in [2.45, 2.75) is 58.2 Å². The molecular weight excluding hydrogens is 582 g/mol. The van der Waals surface area contributed by atoms with Crippen molar-refractivity contribution in [3.05, 3.63) is 71.3 Å². The number of nitrogens with zero attached hydrogens (tertiary/aromatic N) is 8. The Kier molecular flexibility index (Phi) is 7.08. The van der Waals surface area contributed by atoms with Gasteiger partial charge in [-0.05, 0) is 75.9 Å². The van der Waals surface area contributed by atoms with Crippen LogP contribution in [0.15, 0.2) is 65.7 Å². The number of piperidine rings is 1. The fraction of sp³-hybridized carbons (Fsp3) is 0.382. The molecule has 3 aliphatic rings. The zero-order valence-corrected chi connectivity index (χ0v) is 26.1. The molecule has 8 rings (SSSR count). The minimum atomic E-state index is -0.182. The monoisotopic (exact) mass is 619 g/mol. The number of nitrogens with one attached hydrogen (secondary N) is 1. The van der Waals surface area contributed by atoms with E-state index in [0.29, 0.717) is 59.3 Å². The molecule has 0 saturated carbocycles. The van der Waals surface area contributed by atoms with Crippen LogP contribution in [0.3, 0.4) is 0 Å². The molecule has 6 heterocycles. The summed E-state index contributed by atoms with van der Waals surface area (Å²) in [6.07, 6.45) is 11.3.